The molecule has 1 aliphatic carbocycles. The first-order valence-electron chi connectivity index (χ1n) is 15.4. The molecule has 4 heterocycles. The number of benzene rings is 4. The largest absolute Gasteiger partial charge is 2.00 e. The topological polar surface area (TPSA) is 57.9 Å². The van der Waals surface area contributed by atoms with Gasteiger partial charge in [0, 0.05) is 24.1 Å². The van der Waals surface area contributed by atoms with Crippen molar-refractivity contribution in [2.24, 2.45) is 4.99 Å². The van der Waals surface area contributed by atoms with Crippen LogP contribution in [-0.4, -0.2) is 21.6 Å². The molecule has 0 fully saturated rings. The maximum atomic E-state index is 6.48. The van der Waals surface area contributed by atoms with Gasteiger partial charge < -0.3 is 18.8 Å². The molecule has 3 aliphatic rings. The van der Waals surface area contributed by atoms with Gasteiger partial charge in [0.05, 0.1) is 5.52 Å². The summed E-state index contributed by atoms with van der Waals surface area (Å²) in [4.78, 5) is 9.70. The monoisotopic (exact) mass is 784 g/mol. The average molecular weight is 785 g/mol. The molecule has 0 amide bonds. The number of hydrogen-bond acceptors (Lipinski definition) is 5. The van der Waals surface area contributed by atoms with Crippen LogP contribution in [0.3, 0.4) is 0 Å². The number of aliphatic imine (C=N–C) groups is 1. The van der Waals surface area contributed by atoms with E-state index in [0.717, 1.165) is 56.5 Å². The number of fused-ring (bicyclic) bond motifs is 8. The Morgan fingerprint density at radius 2 is 1.80 bits per heavy atom. The summed E-state index contributed by atoms with van der Waals surface area (Å²) < 4.78 is 21.3. The van der Waals surface area contributed by atoms with Gasteiger partial charge in [-0.2, -0.15) is 6.07 Å². The van der Waals surface area contributed by atoms with Gasteiger partial charge in [-0.05, 0) is 58.2 Å². The van der Waals surface area contributed by atoms with Gasteiger partial charge >= 0.3 is 21.1 Å². The summed E-state index contributed by atoms with van der Waals surface area (Å²) in [5, 5.41) is 2.18. The van der Waals surface area contributed by atoms with Crippen LogP contribution in [0.25, 0.3) is 27.6 Å². The fourth-order valence-corrected chi connectivity index (χ4v) is 6.94. The van der Waals surface area contributed by atoms with Gasteiger partial charge in [-0.3, -0.25) is 4.99 Å². The Balaban J connectivity index is 0.00000312. The molecule has 0 saturated carbocycles. The van der Waals surface area contributed by atoms with Crippen LogP contribution in [0.15, 0.2) is 77.9 Å². The molecule has 7 heteroatoms. The fourth-order valence-electron chi connectivity index (χ4n) is 6.94. The Kier molecular flexibility index (Phi) is 6.50. The van der Waals surface area contributed by atoms with E-state index in [2.05, 4.69) is 85.8 Å². The van der Waals surface area contributed by atoms with Crippen LogP contribution in [0.5, 0.6) is 23.0 Å². The summed E-state index contributed by atoms with van der Waals surface area (Å²) in [6.45, 7) is 10.9. The van der Waals surface area contributed by atoms with Crippen molar-refractivity contribution in [1.29, 1.82) is 0 Å². The van der Waals surface area contributed by atoms with Crippen molar-refractivity contribution < 1.29 is 35.3 Å². The van der Waals surface area contributed by atoms with Crippen LogP contribution in [0.2, 0.25) is 0 Å². The predicted octanol–water partition coefficient (Wildman–Crippen LogP) is 9.03. The standard InChI is InChI=1S/C39H31N3O3.Pt/c1-21-14-29-28-16-22(2)32(20-30(28)42-36(29)34(15-21)44-31-10-7-13-40-37(31)42)43-26-9-6-8-23(18-26)38-41-35-27-12-11-25(39(3,4)5)17-24(27)19-33(35)45-38;/h6-17,33,35H,19H2,1-5H3;/q-2;+2/t33-,35+;/m0./s1. The van der Waals surface area contributed by atoms with Gasteiger partial charge in [-0.15, -0.1) is 35.2 Å². The van der Waals surface area contributed by atoms with Crippen LogP contribution < -0.4 is 9.47 Å². The third-order valence-electron chi connectivity index (χ3n) is 9.18. The Bertz CT molecular complexity index is 2260. The first-order chi connectivity index (χ1) is 21.7. The van der Waals surface area contributed by atoms with Gasteiger partial charge in [0.1, 0.15) is 18.0 Å². The molecule has 2 atom stereocenters. The van der Waals surface area contributed by atoms with Crippen molar-refractivity contribution in [3.8, 4) is 28.8 Å². The summed E-state index contributed by atoms with van der Waals surface area (Å²) in [6, 6.07) is 29.9. The number of pyridine rings is 1. The molecule has 230 valence electrons. The number of nitrogens with zero attached hydrogens (tertiary/aromatic N) is 3. The molecular formula is C39H31N3O3Pt. The van der Waals surface area contributed by atoms with Gasteiger partial charge in [-0.25, -0.2) is 4.98 Å². The smallest absolute Gasteiger partial charge is 0.514 e. The molecule has 4 aromatic carbocycles. The van der Waals surface area contributed by atoms with E-state index < -0.39 is 0 Å². The van der Waals surface area contributed by atoms with Crippen LogP contribution in [-0.2, 0) is 37.6 Å². The van der Waals surface area contributed by atoms with Crippen molar-refractivity contribution in [2.75, 3.05) is 0 Å². The van der Waals surface area contributed by atoms with E-state index in [1.165, 1.54) is 16.7 Å². The van der Waals surface area contributed by atoms with Crippen LogP contribution in [0.1, 0.15) is 60.2 Å². The first-order valence-corrected chi connectivity index (χ1v) is 15.4. The molecule has 2 aliphatic heterocycles. The van der Waals surface area contributed by atoms with E-state index >= 15 is 0 Å². The summed E-state index contributed by atoms with van der Waals surface area (Å²) in [5.74, 6) is 4.10. The number of rotatable bonds is 3. The van der Waals surface area contributed by atoms with Crippen molar-refractivity contribution in [2.45, 2.75) is 58.6 Å². The zero-order chi connectivity index (χ0) is 30.6. The summed E-state index contributed by atoms with van der Waals surface area (Å²) in [6.07, 6.45) is 2.66. The van der Waals surface area contributed by atoms with E-state index in [1.54, 1.807) is 6.20 Å². The molecule has 46 heavy (non-hydrogen) atoms. The molecule has 0 N–H and O–H groups in total. The summed E-state index contributed by atoms with van der Waals surface area (Å²) >= 11 is 0. The minimum Gasteiger partial charge on any atom is -0.514 e. The number of aromatic nitrogens is 2. The molecule has 0 radical (unpaired) electrons. The second-order valence-electron chi connectivity index (χ2n) is 13.4. The molecule has 0 saturated heterocycles. The van der Waals surface area contributed by atoms with Crippen molar-refractivity contribution >= 4 is 27.7 Å². The van der Waals surface area contributed by atoms with Crippen LogP contribution in [0.4, 0.5) is 0 Å². The van der Waals surface area contributed by atoms with Gasteiger partial charge in [0.2, 0.25) is 0 Å². The van der Waals surface area contributed by atoms with Crippen LogP contribution in [0, 0.1) is 26.0 Å². The molecule has 0 unspecified atom stereocenters. The summed E-state index contributed by atoms with van der Waals surface area (Å²) in [5.41, 5.74) is 8.82. The maximum absolute atomic E-state index is 6.48. The van der Waals surface area contributed by atoms with E-state index in [-0.39, 0.29) is 38.6 Å². The SMILES string of the molecule is Cc1cc2c3c(c1)c1cc(C)c(Oc4[c-]c(C5=N[C@@H]6c7ccc(C(C)(C)C)cc7C[C@@H]6O5)ccc4)[c-]c1n3-c1ncccc1O2.[Pt+2]. The second kappa shape index (κ2) is 10.3. The Labute approximate surface area is 282 Å². The minimum atomic E-state index is 0. The average Bonchev–Trinajstić information content (AvgIpc) is 3.67. The van der Waals surface area contributed by atoms with Crippen molar-refractivity contribution in [3.63, 3.8) is 0 Å². The summed E-state index contributed by atoms with van der Waals surface area (Å²) in [7, 11) is 0. The maximum Gasteiger partial charge on any atom is 2.00 e. The molecule has 2 aromatic heterocycles. The fraction of sp³-hybridized carbons (Fsp3) is 0.231. The minimum absolute atomic E-state index is 0. The molecular weight excluding hydrogens is 754 g/mol. The zero-order valence-corrected chi connectivity index (χ0v) is 28.4. The second-order valence-corrected chi connectivity index (χ2v) is 13.4. The third-order valence-corrected chi connectivity index (χ3v) is 9.18. The normalized spacial score (nSPS) is 17.5. The number of ether oxygens (including phenoxy) is 3. The number of hydrogen-bond donors (Lipinski definition) is 0. The third kappa shape index (κ3) is 4.41. The van der Waals surface area contributed by atoms with Crippen LogP contribution >= 0.6 is 0 Å². The van der Waals surface area contributed by atoms with E-state index in [9.17, 15) is 0 Å². The molecule has 0 spiro atoms. The quantitative estimate of drug-likeness (QED) is 0.168. The zero-order valence-electron chi connectivity index (χ0n) is 26.2. The molecule has 6 aromatic rings. The van der Waals surface area contributed by atoms with Gasteiger partial charge in [-0.1, -0.05) is 69.1 Å². The Morgan fingerprint density at radius 1 is 0.935 bits per heavy atom. The van der Waals surface area contributed by atoms with Crippen molar-refractivity contribution in [1.82, 2.24) is 9.55 Å². The predicted molar refractivity (Wildman–Crippen MR) is 175 cm³/mol. The van der Waals surface area contributed by atoms with E-state index in [0.29, 0.717) is 23.1 Å². The molecule has 9 rings (SSSR count). The van der Waals surface area contributed by atoms with E-state index in [4.69, 9.17) is 19.2 Å². The Morgan fingerprint density at radius 3 is 2.65 bits per heavy atom. The first kappa shape index (κ1) is 29.0. The van der Waals surface area contributed by atoms with E-state index in [1.807, 2.05) is 37.3 Å². The van der Waals surface area contributed by atoms with Gasteiger partial charge in [0.25, 0.3) is 0 Å². The van der Waals surface area contributed by atoms with Crippen molar-refractivity contribution in [3.05, 3.63) is 118 Å². The van der Waals surface area contributed by atoms with Gasteiger partial charge in [0.15, 0.2) is 17.3 Å². The molecule has 6 nitrogen and oxygen atoms in total. The Hall–Kier alpha value is -4.41. The number of aryl methyl sites for hydroxylation is 2. The molecule has 0 bridgehead atoms.